The predicted octanol–water partition coefficient (Wildman–Crippen LogP) is 2.95. The van der Waals surface area contributed by atoms with Crippen LogP contribution < -0.4 is 11.1 Å². The Labute approximate surface area is 122 Å². The highest BCUT2D eigenvalue weighted by Crippen LogP contribution is 2.29. The summed E-state index contributed by atoms with van der Waals surface area (Å²) in [7, 11) is 0. The molecule has 0 atom stereocenters. The second-order valence-corrected chi connectivity index (χ2v) is 5.67. The van der Waals surface area contributed by atoms with Gasteiger partial charge in [0.2, 0.25) is 5.95 Å². The van der Waals surface area contributed by atoms with E-state index >= 15 is 0 Å². The molecule has 0 unspecified atom stereocenters. The molecule has 5 nitrogen and oxygen atoms in total. The van der Waals surface area contributed by atoms with Crippen molar-refractivity contribution in [2.75, 3.05) is 11.1 Å². The molecule has 0 radical (unpaired) electrons. The maximum absolute atomic E-state index is 13.8. The van der Waals surface area contributed by atoms with Gasteiger partial charge in [0.1, 0.15) is 11.9 Å². The lowest BCUT2D eigenvalue weighted by Gasteiger charge is -2.23. The summed E-state index contributed by atoms with van der Waals surface area (Å²) in [6.45, 7) is 5.98. The summed E-state index contributed by atoms with van der Waals surface area (Å²) in [5, 5.41) is 12.0. The molecule has 0 fully saturated rings. The largest absolute Gasteiger partial charge is 0.377 e. The Bertz CT molecular complexity index is 713. The summed E-state index contributed by atoms with van der Waals surface area (Å²) in [6, 6.07) is 6.12. The van der Waals surface area contributed by atoms with Crippen LogP contribution in [0.2, 0.25) is 0 Å². The molecule has 0 aliphatic rings. The summed E-state index contributed by atoms with van der Waals surface area (Å²) in [5.41, 5.74) is 7.10. The second-order valence-electron chi connectivity index (χ2n) is 5.67. The number of anilines is 2. The maximum Gasteiger partial charge on any atom is 0.220 e. The van der Waals surface area contributed by atoms with E-state index < -0.39 is 5.82 Å². The summed E-state index contributed by atoms with van der Waals surface area (Å²) < 4.78 is 13.8. The molecule has 0 amide bonds. The Kier molecular flexibility index (Phi) is 3.76. The minimum absolute atomic E-state index is 0.00823. The zero-order valence-corrected chi connectivity index (χ0v) is 12.1. The van der Waals surface area contributed by atoms with Gasteiger partial charge < -0.3 is 11.1 Å². The molecule has 0 aliphatic carbocycles. The highest BCUT2D eigenvalue weighted by atomic mass is 19.1. The minimum Gasteiger partial charge on any atom is -0.377 e. The van der Waals surface area contributed by atoms with Gasteiger partial charge in [-0.2, -0.15) is 5.26 Å². The van der Waals surface area contributed by atoms with Crippen molar-refractivity contribution < 1.29 is 4.39 Å². The number of nitrogen functional groups attached to an aromatic ring is 1. The van der Waals surface area contributed by atoms with Gasteiger partial charge in [0.25, 0.3) is 0 Å². The molecule has 0 saturated carbocycles. The van der Waals surface area contributed by atoms with Gasteiger partial charge in [-0.25, -0.2) is 14.4 Å². The monoisotopic (exact) mass is 285 g/mol. The van der Waals surface area contributed by atoms with Crippen LogP contribution in [0.25, 0.3) is 11.3 Å². The molecule has 2 rings (SSSR count). The fourth-order valence-corrected chi connectivity index (χ4v) is 1.86. The van der Waals surface area contributed by atoms with Gasteiger partial charge in [-0.3, -0.25) is 0 Å². The van der Waals surface area contributed by atoms with Crippen LogP contribution in [-0.2, 0) is 0 Å². The predicted molar refractivity (Wildman–Crippen MR) is 79.9 cm³/mol. The maximum atomic E-state index is 13.8. The molecule has 0 saturated heterocycles. The van der Waals surface area contributed by atoms with Gasteiger partial charge in [-0.1, -0.05) is 6.07 Å². The lowest BCUT2D eigenvalue weighted by Crippen LogP contribution is -2.26. The van der Waals surface area contributed by atoms with Crippen LogP contribution in [0, 0.1) is 17.1 Å². The van der Waals surface area contributed by atoms with E-state index in [2.05, 4.69) is 15.3 Å². The Morgan fingerprint density at radius 1 is 1.33 bits per heavy atom. The molecule has 2 aromatic rings. The van der Waals surface area contributed by atoms with Gasteiger partial charge in [0.05, 0.1) is 23.1 Å². The van der Waals surface area contributed by atoms with E-state index in [4.69, 9.17) is 11.0 Å². The van der Waals surface area contributed by atoms with Crippen molar-refractivity contribution in [3.63, 3.8) is 0 Å². The molecular weight excluding hydrogens is 269 g/mol. The number of hydrogen-bond acceptors (Lipinski definition) is 5. The van der Waals surface area contributed by atoms with E-state index in [1.807, 2.05) is 20.8 Å². The van der Waals surface area contributed by atoms with Crippen molar-refractivity contribution in [3.8, 4) is 17.3 Å². The van der Waals surface area contributed by atoms with Gasteiger partial charge in [0, 0.05) is 11.1 Å². The van der Waals surface area contributed by atoms with Crippen LogP contribution in [0.15, 0.2) is 24.4 Å². The average molecular weight is 285 g/mol. The van der Waals surface area contributed by atoms with E-state index in [1.54, 1.807) is 18.3 Å². The zero-order chi connectivity index (χ0) is 15.6. The number of nitrogens with one attached hydrogen (secondary N) is 1. The van der Waals surface area contributed by atoms with Crippen molar-refractivity contribution in [1.29, 1.82) is 5.26 Å². The molecule has 21 heavy (non-hydrogen) atoms. The van der Waals surface area contributed by atoms with Crippen LogP contribution in [0.1, 0.15) is 26.3 Å². The average Bonchev–Trinajstić information content (AvgIpc) is 2.39. The van der Waals surface area contributed by atoms with E-state index in [1.165, 1.54) is 12.1 Å². The Morgan fingerprint density at radius 3 is 2.62 bits per heavy atom. The van der Waals surface area contributed by atoms with Crippen LogP contribution in [-0.4, -0.2) is 15.5 Å². The van der Waals surface area contributed by atoms with Gasteiger partial charge in [-0.15, -0.1) is 0 Å². The highest BCUT2D eigenvalue weighted by Gasteiger charge is 2.16. The molecule has 0 bridgehead atoms. The molecular formula is C15H16FN5. The van der Waals surface area contributed by atoms with Gasteiger partial charge in [-0.05, 0) is 32.9 Å². The smallest absolute Gasteiger partial charge is 0.220 e. The Morgan fingerprint density at radius 2 is 2.05 bits per heavy atom. The van der Waals surface area contributed by atoms with Crippen molar-refractivity contribution in [3.05, 3.63) is 35.8 Å². The lowest BCUT2D eigenvalue weighted by atomic mass is 10.0. The number of nitrogens with zero attached hydrogens (tertiary/aromatic N) is 3. The highest BCUT2D eigenvalue weighted by molar-refractivity contribution is 5.75. The number of benzene rings is 1. The quantitative estimate of drug-likeness (QED) is 0.885. The van der Waals surface area contributed by atoms with Crippen molar-refractivity contribution in [2.45, 2.75) is 26.3 Å². The first kappa shape index (κ1) is 14.7. The van der Waals surface area contributed by atoms with E-state index in [0.717, 1.165) is 0 Å². The van der Waals surface area contributed by atoms with E-state index in [9.17, 15) is 4.39 Å². The standard InChI is InChI=1S/C15H16FN5/c1-15(2,3)21-12-8-19-14(18)20-13(12)9-4-5-10(7-17)11(16)6-9/h4-6,8,21H,1-3H3,(H2,18,19,20). The number of nitriles is 1. The second kappa shape index (κ2) is 5.37. The molecule has 1 aromatic carbocycles. The Balaban J connectivity index is 2.55. The van der Waals surface area contributed by atoms with Gasteiger partial charge in [0.15, 0.2) is 0 Å². The first-order valence-corrected chi connectivity index (χ1v) is 6.41. The lowest BCUT2D eigenvalue weighted by molar-refractivity contribution is 0.624. The normalized spacial score (nSPS) is 11.0. The van der Waals surface area contributed by atoms with Crippen molar-refractivity contribution in [2.24, 2.45) is 0 Å². The first-order chi connectivity index (χ1) is 9.80. The third kappa shape index (κ3) is 3.45. The molecule has 108 valence electrons. The fraction of sp³-hybridized carbons (Fsp3) is 0.267. The number of aromatic nitrogens is 2. The molecule has 6 heteroatoms. The molecule has 1 heterocycles. The van der Waals surface area contributed by atoms with Crippen LogP contribution in [0.3, 0.4) is 0 Å². The summed E-state index contributed by atoms with van der Waals surface area (Å²) >= 11 is 0. The minimum atomic E-state index is -0.589. The Hall–Kier alpha value is -2.68. The fourth-order valence-electron chi connectivity index (χ4n) is 1.86. The third-order valence-electron chi connectivity index (χ3n) is 2.68. The number of hydrogen-bond donors (Lipinski definition) is 2. The number of nitrogens with two attached hydrogens (primary N) is 1. The van der Waals surface area contributed by atoms with Crippen molar-refractivity contribution >= 4 is 11.6 Å². The molecule has 0 spiro atoms. The number of rotatable bonds is 2. The summed E-state index contributed by atoms with van der Waals surface area (Å²) in [6.07, 6.45) is 1.57. The summed E-state index contributed by atoms with van der Waals surface area (Å²) in [4.78, 5) is 8.14. The molecule has 0 aliphatic heterocycles. The zero-order valence-electron chi connectivity index (χ0n) is 12.1. The van der Waals surface area contributed by atoms with Crippen LogP contribution >= 0.6 is 0 Å². The number of halogens is 1. The van der Waals surface area contributed by atoms with Crippen LogP contribution in [0.4, 0.5) is 16.0 Å². The van der Waals surface area contributed by atoms with E-state index in [0.29, 0.717) is 16.9 Å². The van der Waals surface area contributed by atoms with Gasteiger partial charge >= 0.3 is 0 Å². The first-order valence-electron chi connectivity index (χ1n) is 6.41. The molecule has 3 N–H and O–H groups in total. The van der Waals surface area contributed by atoms with Crippen molar-refractivity contribution in [1.82, 2.24) is 9.97 Å². The third-order valence-corrected chi connectivity index (χ3v) is 2.68. The summed E-state index contributed by atoms with van der Waals surface area (Å²) in [5.74, 6) is -0.483. The molecule has 1 aromatic heterocycles. The van der Waals surface area contributed by atoms with Crippen LogP contribution in [0.5, 0.6) is 0 Å². The topological polar surface area (TPSA) is 87.6 Å². The SMILES string of the molecule is CC(C)(C)Nc1cnc(N)nc1-c1ccc(C#N)c(F)c1. The van der Waals surface area contributed by atoms with E-state index in [-0.39, 0.29) is 17.1 Å².